The first-order valence-corrected chi connectivity index (χ1v) is 29.1. The van der Waals surface area contributed by atoms with Crippen molar-refractivity contribution in [3.05, 3.63) is 131 Å². The molecule has 13 rings (SSSR count). The van der Waals surface area contributed by atoms with Crippen LogP contribution in [0.2, 0.25) is 0 Å². The quantitative estimate of drug-likeness (QED) is 0.0511. The standard InChI is InChI=1S/C64H72FN11O7/c1-35(2)59(63(80)75-30-46(78)23-55(75)62(79)68-54(32-77)44-20-18-41(19-21-44)47-10-8-7-9-36(47)3)76-31-53(72-73-76)43-14-11-39(12-15-43)34-82-60-57(56-38(5)51(65)25-52-50(56)27-67-71-52)48(42-16-17-42)24-49-58(60)69-64(83-33-37(4)81-6)70-61(49)74-28-40-13-22-45(29-74)66-26-40/h7-12,14-15,18-21,24-25,27,31,35,37,40,42,45-46,54-55,59,66,77-78H,13,16-17,22-23,26,28-30,32-34H2,1-6H3,(H,67,71)(H,68,79)/t37-,40?,45?,46+,54-,55-,59-/m0/s1. The van der Waals surface area contributed by atoms with Crippen LogP contribution in [-0.4, -0.2) is 133 Å². The number of β-amino-alcohol motifs (C(OH)–C–C–N with tert-alkyl or cyclic N) is 1. The van der Waals surface area contributed by atoms with Gasteiger partial charge in [0.15, 0.2) is 5.75 Å². The zero-order chi connectivity index (χ0) is 57.6. The number of aromatic amines is 1. The molecule has 18 nitrogen and oxygen atoms in total. The highest BCUT2D eigenvalue weighted by Crippen LogP contribution is 2.53. The highest BCUT2D eigenvalue weighted by Gasteiger charge is 2.44. The minimum atomic E-state index is -0.979. The van der Waals surface area contributed by atoms with Crippen molar-refractivity contribution in [2.24, 2.45) is 11.8 Å². The highest BCUT2D eigenvalue weighted by molar-refractivity contribution is 6.06. The van der Waals surface area contributed by atoms with Crippen molar-refractivity contribution in [1.29, 1.82) is 0 Å². The monoisotopic (exact) mass is 1130 g/mol. The van der Waals surface area contributed by atoms with Gasteiger partial charge >= 0.3 is 6.01 Å². The van der Waals surface area contributed by atoms with E-state index in [9.17, 15) is 19.8 Å². The number of aliphatic hydroxyl groups is 2. The number of aliphatic hydroxyl groups excluding tert-OH is 2. The molecule has 2 amide bonds. The summed E-state index contributed by atoms with van der Waals surface area (Å²) in [7, 11) is 1.64. The van der Waals surface area contributed by atoms with Gasteiger partial charge in [-0.25, -0.2) is 9.07 Å². The van der Waals surface area contributed by atoms with Gasteiger partial charge in [-0.05, 0) is 122 Å². The molecule has 5 fully saturated rings. The first-order chi connectivity index (χ1) is 40.2. The van der Waals surface area contributed by atoms with Crippen molar-refractivity contribution in [2.45, 2.75) is 116 Å². The van der Waals surface area contributed by atoms with Crippen LogP contribution in [0.15, 0.2) is 97.3 Å². The van der Waals surface area contributed by atoms with E-state index in [1.54, 1.807) is 26.4 Å². The van der Waals surface area contributed by atoms with Gasteiger partial charge in [-0.3, -0.25) is 14.7 Å². The van der Waals surface area contributed by atoms with Crippen LogP contribution >= 0.6 is 0 Å². The predicted octanol–water partition coefficient (Wildman–Crippen LogP) is 8.92. The number of piperidine rings is 1. The Kier molecular flexibility index (Phi) is 15.7. The van der Waals surface area contributed by atoms with Crippen LogP contribution in [-0.2, 0) is 20.9 Å². The summed E-state index contributed by atoms with van der Waals surface area (Å²) in [5, 5.41) is 46.1. The topological polar surface area (TPSA) is 218 Å². The number of H-pyrrole nitrogens is 1. The van der Waals surface area contributed by atoms with Crippen molar-refractivity contribution < 1.29 is 38.4 Å². The number of methoxy groups -OCH3 is 1. The van der Waals surface area contributed by atoms with Crippen LogP contribution in [0.3, 0.4) is 0 Å². The number of anilines is 1. The lowest BCUT2D eigenvalue weighted by Crippen LogP contribution is -2.50. The van der Waals surface area contributed by atoms with Gasteiger partial charge in [-0.1, -0.05) is 91.9 Å². The van der Waals surface area contributed by atoms with Gasteiger partial charge in [0.25, 0.3) is 0 Å². The third-order valence-corrected chi connectivity index (χ3v) is 17.3. The number of ether oxygens (including phenoxy) is 3. The molecule has 83 heavy (non-hydrogen) atoms. The summed E-state index contributed by atoms with van der Waals surface area (Å²) in [6.45, 7) is 12.1. The second-order valence-electron chi connectivity index (χ2n) is 23.5. The summed E-state index contributed by atoms with van der Waals surface area (Å²) in [4.78, 5) is 42.9. The normalized spacial score (nSPS) is 20.0. The number of nitrogens with one attached hydrogen (secondary N) is 3. The molecular weight excluding hydrogens is 1050 g/mol. The number of aryl methyl sites for hydroxylation is 1. The second-order valence-corrected chi connectivity index (χ2v) is 23.5. The molecule has 3 aromatic heterocycles. The minimum Gasteiger partial charge on any atom is -0.486 e. The largest absolute Gasteiger partial charge is 0.486 e. The fourth-order valence-electron chi connectivity index (χ4n) is 12.4. The molecule has 5 aliphatic rings. The number of nitrogens with zero attached hydrogens (tertiary/aromatic N) is 8. The Morgan fingerprint density at radius 2 is 1.67 bits per heavy atom. The average molecular weight is 1130 g/mol. The molecule has 432 valence electrons. The highest BCUT2D eigenvalue weighted by atomic mass is 19.1. The number of benzene rings is 5. The van der Waals surface area contributed by atoms with Gasteiger partial charge in [-0.15, -0.1) is 5.10 Å². The number of halogens is 1. The lowest BCUT2D eigenvalue weighted by Gasteiger charge is -2.30. The van der Waals surface area contributed by atoms with Crippen molar-refractivity contribution in [3.63, 3.8) is 0 Å². The van der Waals surface area contributed by atoms with Gasteiger partial charge in [-0.2, -0.15) is 15.1 Å². The van der Waals surface area contributed by atoms with Crippen LogP contribution in [0.5, 0.6) is 11.8 Å². The van der Waals surface area contributed by atoms with Crippen molar-refractivity contribution in [3.8, 4) is 45.3 Å². The Bertz CT molecular complexity index is 3660. The van der Waals surface area contributed by atoms with Crippen molar-refractivity contribution >= 4 is 39.4 Å². The number of hydrogen-bond donors (Lipinski definition) is 5. The summed E-state index contributed by atoms with van der Waals surface area (Å²) in [6.07, 6.45) is 6.55. The lowest BCUT2D eigenvalue weighted by molar-refractivity contribution is -0.142. The van der Waals surface area contributed by atoms with Gasteiger partial charge in [0, 0.05) is 66.7 Å². The first-order valence-electron chi connectivity index (χ1n) is 29.1. The smallest absolute Gasteiger partial charge is 0.319 e. The predicted molar refractivity (Wildman–Crippen MR) is 314 cm³/mol. The summed E-state index contributed by atoms with van der Waals surface area (Å²) >= 11 is 0. The number of hydrogen-bond acceptors (Lipinski definition) is 14. The van der Waals surface area contributed by atoms with Gasteiger partial charge < -0.3 is 44.9 Å². The number of fused-ring (bicyclic) bond motifs is 6. The third-order valence-electron chi connectivity index (χ3n) is 17.3. The lowest BCUT2D eigenvalue weighted by atomic mass is 9.88. The number of aromatic nitrogens is 7. The van der Waals surface area contributed by atoms with E-state index >= 15 is 4.39 Å². The molecule has 7 atom stereocenters. The number of rotatable bonds is 19. The zero-order valence-corrected chi connectivity index (χ0v) is 47.8. The van der Waals surface area contributed by atoms with E-state index in [4.69, 9.17) is 24.2 Å². The Labute approximate surface area is 481 Å². The van der Waals surface area contributed by atoms with Gasteiger partial charge in [0.05, 0.1) is 42.8 Å². The summed E-state index contributed by atoms with van der Waals surface area (Å²) in [5.74, 6) is 0.469. The molecule has 7 heterocycles. The van der Waals surface area contributed by atoms with Crippen LogP contribution in [0.4, 0.5) is 10.2 Å². The fraction of sp³-hybridized carbons (Fsp3) is 0.422. The molecule has 4 aliphatic heterocycles. The Morgan fingerprint density at radius 3 is 2.40 bits per heavy atom. The molecule has 5 N–H and O–H groups in total. The maximum atomic E-state index is 16.2. The third kappa shape index (κ3) is 11.3. The van der Waals surface area contributed by atoms with Crippen LogP contribution in [0, 0.1) is 31.5 Å². The average Bonchev–Trinajstić information content (AvgIpc) is 3.35. The zero-order valence-electron chi connectivity index (χ0n) is 47.8. The minimum absolute atomic E-state index is 0.0362. The van der Waals surface area contributed by atoms with Crippen LogP contribution in [0.25, 0.3) is 55.3 Å². The first kappa shape index (κ1) is 55.7. The maximum Gasteiger partial charge on any atom is 0.319 e. The molecule has 2 unspecified atom stereocenters. The van der Waals surface area contributed by atoms with E-state index in [0.717, 1.165) is 101 Å². The molecule has 5 aromatic carbocycles. The molecule has 4 saturated heterocycles. The Balaban J connectivity index is 0.826. The molecular formula is C64H72FN11O7. The summed E-state index contributed by atoms with van der Waals surface area (Å²) < 4.78 is 36.8. The van der Waals surface area contributed by atoms with E-state index in [0.29, 0.717) is 51.1 Å². The Morgan fingerprint density at radius 1 is 0.892 bits per heavy atom. The fourth-order valence-corrected chi connectivity index (χ4v) is 12.4. The maximum absolute atomic E-state index is 16.2. The van der Waals surface area contributed by atoms with E-state index in [1.807, 2.05) is 81.4 Å². The molecule has 0 spiro atoms. The number of amides is 2. The number of carbonyl (C=O) groups excluding carboxylic acids is 2. The summed E-state index contributed by atoms with van der Waals surface area (Å²) in [6, 6.07) is 25.2. The van der Waals surface area contributed by atoms with Gasteiger partial charge in [0.2, 0.25) is 11.8 Å². The molecule has 1 aliphatic carbocycles. The van der Waals surface area contributed by atoms with Crippen LogP contribution in [0.1, 0.15) is 98.7 Å². The van der Waals surface area contributed by atoms with Crippen molar-refractivity contribution in [2.75, 3.05) is 51.4 Å². The molecule has 2 bridgehead atoms. The molecule has 0 radical (unpaired) electrons. The number of likely N-dealkylation sites (tertiary alicyclic amines) is 1. The second kappa shape index (κ2) is 23.4. The molecule has 19 heteroatoms. The van der Waals surface area contributed by atoms with Gasteiger partial charge in [0.1, 0.15) is 48.1 Å². The Hall–Kier alpha value is -7.84. The number of carbonyl (C=O) groups is 2. The van der Waals surface area contributed by atoms with E-state index in [2.05, 4.69) is 61.2 Å². The van der Waals surface area contributed by atoms with E-state index < -0.39 is 30.1 Å². The molecule has 8 aromatic rings. The SMILES string of the molecule is CO[C@@H](C)COc1nc(N2CC3CCC(C2)NC3)c2cc(C3CC3)c(-c3c(C)c(F)cc4[nH]ncc34)c(OCc3ccc(-c4cn([C@H](C(=O)N5C[C@H](O)C[C@H]5C(=O)N[C@@H](CO)c5ccc(-c6ccccc6C)cc5)C(C)C)nn4)cc3)c2n1. The van der Waals surface area contributed by atoms with Crippen molar-refractivity contribution in [1.82, 2.24) is 50.7 Å². The van der Waals surface area contributed by atoms with Crippen LogP contribution < -0.4 is 25.0 Å². The molecule has 1 saturated carbocycles. The van der Waals surface area contributed by atoms with E-state index in [-0.39, 0.29) is 68.5 Å². The summed E-state index contributed by atoms with van der Waals surface area (Å²) in [5.41, 5.74) is 10.2. The van der Waals surface area contributed by atoms with E-state index in [1.165, 1.54) is 15.6 Å².